The van der Waals surface area contributed by atoms with Gasteiger partial charge in [0, 0.05) is 18.0 Å². The molecule has 0 saturated heterocycles. The van der Waals surface area contributed by atoms with Gasteiger partial charge in [0.25, 0.3) is 0 Å². The highest BCUT2D eigenvalue weighted by molar-refractivity contribution is 6.34. The fourth-order valence-electron chi connectivity index (χ4n) is 2.99. The van der Waals surface area contributed by atoms with E-state index in [4.69, 9.17) is 17.3 Å². The number of primary amides is 1. The third-order valence-electron chi connectivity index (χ3n) is 4.31. The highest BCUT2D eigenvalue weighted by Gasteiger charge is 2.18. The van der Waals surface area contributed by atoms with E-state index in [1.807, 2.05) is 60.7 Å². The molecular weight excluding hydrogens is 360 g/mol. The molecule has 0 aliphatic carbocycles. The van der Waals surface area contributed by atoms with Gasteiger partial charge in [0.05, 0.1) is 10.6 Å². The molecule has 0 radical (unpaired) electrons. The zero-order valence-electron chi connectivity index (χ0n) is 14.6. The number of nitrogens with one attached hydrogen (secondary N) is 1. The van der Waals surface area contributed by atoms with Gasteiger partial charge in [0.1, 0.15) is 0 Å². The van der Waals surface area contributed by atoms with Crippen LogP contribution < -0.4 is 11.1 Å². The van der Waals surface area contributed by atoms with Crippen molar-refractivity contribution in [3.63, 3.8) is 0 Å². The van der Waals surface area contributed by atoms with Crippen molar-refractivity contribution in [2.24, 2.45) is 5.73 Å². The molecule has 3 rings (SSSR count). The van der Waals surface area contributed by atoms with Crippen LogP contribution in [-0.4, -0.2) is 11.8 Å². The molecule has 0 atom stereocenters. The van der Waals surface area contributed by atoms with Gasteiger partial charge in [-0.2, -0.15) is 0 Å². The van der Waals surface area contributed by atoms with E-state index in [9.17, 15) is 9.59 Å². The average molecular weight is 379 g/mol. The highest BCUT2D eigenvalue weighted by Crippen LogP contribution is 2.28. The molecule has 0 unspecified atom stereocenters. The van der Waals surface area contributed by atoms with Gasteiger partial charge in [-0.05, 0) is 29.3 Å². The standard InChI is InChI=1S/C22H19ClN2O2/c23-20-12-11-17(13-19(20)22(24)27)25-21(26)14-18(15-7-3-1-4-8-15)16-9-5-2-6-10-16/h1-13,18H,14H2,(H2,24,27)(H,25,26). The van der Waals surface area contributed by atoms with Crippen LogP contribution in [0, 0.1) is 0 Å². The monoisotopic (exact) mass is 378 g/mol. The fourth-order valence-corrected chi connectivity index (χ4v) is 3.20. The van der Waals surface area contributed by atoms with Crippen molar-refractivity contribution in [3.8, 4) is 0 Å². The lowest BCUT2D eigenvalue weighted by Gasteiger charge is -2.18. The molecule has 136 valence electrons. The highest BCUT2D eigenvalue weighted by atomic mass is 35.5. The Morgan fingerprint density at radius 1 is 0.889 bits per heavy atom. The summed E-state index contributed by atoms with van der Waals surface area (Å²) >= 11 is 5.96. The Hall–Kier alpha value is -3.11. The van der Waals surface area contributed by atoms with Gasteiger partial charge in [-0.15, -0.1) is 0 Å². The number of anilines is 1. The molecule has 3 N–H and O–H groups in total. The van der Waals surface area contributed by atoms with E-state index in [1.165, 1.54) is 6.07 Å². The first-order valence-electron chi connectivity index (χ1n) is 8.53. The van der Waals surface area contributed by atoms with Crippen LogP contribution in [-0.2, 0) is 4.79 Å². The van der Waals surface area contributed by atoms with E-state index in [0.29, 0.717) is 5.69 Å². The summed E-state index contributed by atoms with van der Waals surface area (Å²) in [4.78, 5) is 24.1. The maximum atomic E-state index is 12.7. The van der Waals surface area contributed by atoms with Crippen LogP contribution in [0.2, 0.25) is 5.02 Å². The Labute approximate surface area is 163 Å². The SMILES string of the molecule is NC(=O)c1cc(NC(=O)CC(c2ccccc2)c2ccccc2)ccc1Cl. The molecule has 3 aromatic carbocycles. The Morgan fingerprint density at radius 3 is 1.96 bits per heavy atom. The first-order valence-corrected chi connectivity index (χ1v) is 8.91. The van der Waals surface area contributed by atoms with Gasteiger partial charge >= 0.3 is 0 Å². The van der Waals surface area contributed by atoms with Gasteiger partial charge < -0.3 is 11.1 Å². The third-order valence-corrected chi connectivity index (χ3v) is 4.64. The fraction of sp³-hybridized carbons (Fsp3) is 0.0909. The zero-order valence-corrected chi connectivity index (χ0v) is 15.3. The Kier molecular flexibility index (Phi) is 5.89. The predicted octanol–water partition coefficient (Wildman–Crippen LogP) is 4.60. The van der Waals surface area contributed by atoms with E-state index in [0.717, 1.165) is 11.1 Å². The van der Waals surface area contributed by atoms with Crippen molar-refractivity contribution in [2.75, 3.05) is 5.32 Å². The number of amides is 2. The molecule has 3 aromatic rings. The molecule has 0 fully saturated rings. The molecule has 27 heavy (non-hydrogen) atoms. The number of hydrogen-bond donors (Lipinski definition) is 2. The summed E-state index contributed by atoms with van der Waals surface area (Å²) in [5.41, 5.74) is 8.10. The van der Waals surface area contributed by atoms with Gasteiger partial charge in [-0.3, -0.25) is 9.59 Å². The average Bonchev–Trinajstić information content (AvgIpc) is 2.69. The summed E-state index contributed by atoms with van der Waals surface area (Å²) < 4.78 is 0. The topological polar surface area (TPSA) is 72.2 Å². The number of benzene rings is 3. The molecule has 0 aromatic heterocycles. The molecule has 0 heterocycles. The second kappa shape index (κ2) is 8.52. The van der Waals surface area contributed by atoms with Crippen LogP contribution in [0.3, 0.4) is 0 Å². The molecule has 0 spiro atoms. The minimum Gasteiger partial charge on any atom is -0.366 e. The van der Waals surface area contributed by atoms with Crippen LogP contribution in [0.25, 0.3) is 0 Å². The first kappa shape index (κ1) is 18.7. The van der Waals surface area contributed by atoms with Crippen molar-refractivity contribution >= 4 is 29.1 Å². The van der Waals surface area contributed by atoms with Crippen LogP contribution in [0.1, 0.15) is 33.8 Å². The molecular formula is C22H19ClN2O2. The number of hydrogen-bond acceptors (Lipinski definition) is 2. The summed E-state index contributed by atoms with van der Waals surface area (Å²) in [6, 6.07) is 24.5. The van der Waals surface area contributed by atoms with Gasteiger partial charge in [0.15, 0.2) is 0 Å². The first-order chi connectivity index (χ1) is 13.0. The maximum absolute atomic E-state index is 12.7. The Morgan fingerprint density at radius 2 is 1.44 bits per heavy atom. The third kappa shape index (κ3) is 4.74. The van der Waals surface area contributed by atoms with Gasteiger partial charge in [0.2, 0.25) is 11.8 Å². The second-order valence-electron chi connectivity index (χ2n) is 6.19. The van der Waals surface area contributed by atoms with Gasteiger partial charge in [-0.1, -0.05) is 72.3 Å². The van der Waals surface area contributed by atoms with E-state index < -0.39 is 5.91 Å². The van der Waals surface area contributed by atoms with Crippen LogP contribution in [0.5, 0.6) is 0 Å². The molecule has 4 nitrogen and oxygen atoms in total. The van der Waals surface area contributed by atoms with Crippen LogP contribution in [0.4, 0.5) is 5.69 Å². The Bertz CT molecular complexity index is 904. The number of rotatable bonds is 6. The molecule has 0 aliphatic rings. The number of nitrogens with two attached hydrogens (primary N) is 1. The zero-order chi connectivity index (χ0) is 19.2. The number of halogens is 1. The quantitative estimate of drug-likeness (QED) is 0.658. The van der Waals surface area contributed by atoms with Crippen LogP contribution >= 0.6 is 11.6 Å². The Balaban J connectivity index is 1.81. The largest absolute Gasteiger partial charge is 0.366 e. The minimum absolute atomic E-state index is 0.0738. The van der Waals surface area contributed by atoms with Crippen molar-refractivity contribution in [1.29, 1.82) is 0 Å². The molecule has 2 amide bonds. The van der Waals surface area contributed by atoms with Crippen molar-refractivity contribution in [3.05, 3.63) is 101 Å². The predicted molar refractivity (Wildman–Crippen MR) is 108 cm³/mol. The lowest BCUT2D eigenvalue weighted by Crippen LogP contribution is -2.17. The summed E-state index contributed by atoms with van der Waals surface area (Å²) in [5.74, 6) is -0.872. The van der Waals surface area contributed by atoms with Crippen molar-refractivity contribution in [1.82, 2.24) is 0 Å². The lowest BCUT2D eigenvalue weighted by atomic mass is 9.88. The smallest absolute Gasteiger partial charge is 0.250 e. The van der Waals surface area contributed by atoms with Crippen molar-refractivity contribution < 1.29 is 9.59 Å². The summed E-state index contributed by atoms with van der Waals surface area (Å²) in [6.45, 7) is 0. The normalized spacial score (nSPS) is 10.6. The molecule has 0 bridgehead atoms. The summed E-state index contributed by atoms with van der Waals surface area (Å²) in [5, 5.41) is 3.09. The second-order valence-corrected chi connectivity index (χ2v) is 6.59. The number of carbonyl (C=O) groups is 2. The summed E-state index contributed by atoms with van der Waals surface area (Å²) in [7, 11) is 0. The lowest BCUT2D eigenvalue weighted by molar-refractivity contribution is -0.116. The van der Waals surface area contributed by atoms with Crippen LogP contribution in [0.15, 0.2) is 78.9 Å². The maximum Gasteiger partial charge on any atom is 0.250 e. The van der Waals surface area contributed by atoms with Gasteiger partial charge in [-0.25, -0.2) is 0 Å². The molecule has 0 saturated carbocycles. The summed E-state index contributed by atoms with van der Waals surface area (Å²) in [6.07, 6.45) is 0.266. The number of carbonyl (C=O) groups excluding carboxylic acids is 2. The molecule has 0 aliphatic heterocycles. The minimum atomic E-state index is -0.637. The molecule has 5 heteroatoms. The van der Waals surface area contributed by atoms with E-state index in [2.05, 4.69) is 5.32 Å². The van der Waals surface area contributed by atoms with E-state index in [1.54, 1.807) is 12.1 Å². The van der Waals surface area contributed by atoms with E-state index in [-0.39, 0.29) is 28.8 Å². The van der Waals surface area contributed by atoms with E-state index >= 15 is 0 Å². The van der Waals surface area contributed by atoms with Crippen molar-refractivity contribution in [2.45, 2.75) is 12.3 Å².